The van der Waals surface area contributed by atoms with Crippen LogP contribution >= 0.6 is 0 Å². The van der Waals surface area contributed by atoms with Crippen molar-refractivity contribution in [1.29, 1.82) is 0 Å². The van der Waals surface area contributed by atoms with Crippen molar-refractivity contribution in [2.45, 2.75) is 84.0 Å². The van der Waals surface area contributed by atoms with E-state index in [9.17, 15) is 0 Å². The molecule has 0 bridgehead atoms. The summed E-state index contributed by atoms with van der Waals surface area (Å²) in [5.41, 5.74) is 6.51. The summed E-state index contributed by atoms with van der Waals surface area (Å²) in [5, 5.41) is 3.81. The van der Waals surface area contributed by atoms with E-state index in [1.807, 2.05) is 0 Å². The normalized spacial score (nSPS) is 27.4. The van der Waals surface area contributed by atoms with Crippen molar-refractivity contribution >= 4 is 6.21 Å². The first-order valence-electron chi connectivity index (χ1n) is 10.9. The van der Waals surface area contributed by atoms with Crippen LogP contribution in [0.15, 0.2) is 58.0 Å². The molecular weight excluding hydrogens is 328 g/mol. The molecule has 0 amide bonds. The average molecular weight is 363 g/mol. The number of hydrogen-bond acceptors (Lipinski definition) is 2. The summed E-state index contributed by atoms with van der Waals surface area (Å²) >= 11 is 0. The number of aliphatic imine (C=N–C) groups is 1. The van der Waals surface area contributed by atoms with Crippen molar-refractivity contribution in [3.63, 3.8) is 0 Å². The van der Waals surface area contributed by atoms with E-state index in [4.69, 9.17) is 4.99 Å². The molecule has 0 radical (unpaired) electrons. The molecule has 3 aliphatic rings. The van der Waals surface area contributed by atoms with Gasteiger partial charge in [0.05, 0.1) is 0 Å². The predicted octanol–water partition coefficient (Wildman–Crippen LogP) is 6.65. The number of dihydropyridines is 1. The van der Waals surface area contributed by atoms with Crippen LogP contribution < -0.4 is 5.32 Å². The molecule has 1 aliphatic heterocycles. The predicted molar refractivity (Wildman–Crippen MR) is 115 cm³/mol. The minimum atomic E-state index is 0.00245. The minimum absolute atomic E-state index is 0.00245. The van der Waals surface area contributed by atoms with Gasteiger partial charge in [-0.1, -0.05) is 57.0 Å². The topological polar surface area (TPSA) is 24.4 Å². The van der Waals surface area contributed by atoms with Crippen molar-refractivity contribution < 1.29 is 0 Å². The van der Waals surface area contributed by atoms with Crippen LogP contribution in [0, 0.1) is 5.41 Å². The van der Waals surface area contributed by atoms with Gasteiger partial charge in [0.1, 0.15) is 5.82 Å². The van der Waals surface area contributed by atoms with Crippen molar-refractivity contribution in [2.75, 3.05) is 0 Å². The monoisotopic (exact) mass is 362 g/mol. The van der Waals surface area contributed by atoms with Crippen LogP contribution in [0.3, 0.4) is 0 Å². The molecule has 2 aliphatic carbocycles. The van der Waals surface area contributed by atoms with E-state index < -0.39 is 0 Å². The summed E-state index contributed by atoms with van der Waals surface area (Å²) in [6, 6.07) is 11.2. The molecule has 4 rings (SSSR count). The van der Waals surface area contributed by atoms with Gasteiger partial charge in [0, 0.05) is 17.3 Å². The van der Waals surface area contributed by atoms with Gasteiger partial charge in [0.25, 0.3) is 0 Å². The van der Waals surface area contributed by atoms with Gasteiger partial charge in [-0.3, -0.25) is 0 Å². The largest absolute Gasteiger partial charge is 0.344 e. The lowest BCUT2D eigenvalue weighted by atomic mass is 9.59. The van der Waals surface area contributed by atoms with Gasteiger partial charge in [0.2, 0.25) is 0 Å². The van der Waals surface area contributed by atoms with Gasteiger partial charge in [-0.2, -0.15) is 0 Å². The van der Waals surface area contributed by atoms with Crippen LogP contribution in [0.2, 0.25) is 0 Å². The lowest BCUT2D eigenvalue weighted by Gasteiger charge is -2.48. The molecule has 1 N–H and O–H groups in total. The quantitative estimate of drug-likeness (QED) is 0.596. The highest BCUT2D eigenvalue weighted by Crippen LogP contribution is 2.57. The Hall–Kier alpha value is -1.83. The molecule has 2 heteroatoms. The van der Waals surface area contributed by atoms with Crippen molar-refractivity contribution in [1.82, 2.24) is 5.32 Å². The molecule has 0 aromatic heterocycles. The Morgan fingerprint density at radius 3 is 2.48 bits per heavy atom. The van der Waals surface area contributed by atoms with Crippen LogP contribution in [-0.4, -0.2) is 6.21 Å². The fourth-order valence-electron chi connectivity index (χ4n) is 6.03. The Balaban J connectivity index is 1.86. The zero-order valence-electron chi connectivity index (χ0n) is 17.3. The summed E-state index contributed by atoms with van der Waals surface area (Å²) in [6.07, 6.45) is 13.6. The third-order valence-electron chi connectivity index (χ3n) is 7.47. The third kappa shape index (κ3) is 2.98. The zero-order valence-corrected chi connectivity index (χ0v) is 17.3. The second-order valence-corrected chi connectivity index (χ2v) is 8.78. The molecule has 1 fully saturated rings. The Bertz CT molecular complexity index is 778. The summed E-state index contributed by atoms with van der Waals surface area (Å²) in [7, 11) is 0. The van der Waals surface area contributed by atoms with Crippen LogP contribution in [0.4, 0.5) is 0 Å². The molecule has 27 heavy (non-hydrogen) atoms. The van der Waals surface area contributed by atoms with E-state index in [0.717, 1.165) is 18.7 Å². The maximum Gasteiger partial charge on any atom is 0.129 e. The fourth-order valence-corrected chi connectivity index (χ4v) is 6.03. The SMILES string of the molecule is CC/C=N\C1=C(C)[C@@](CC)(c2ccccc2)C2=C(CC3(CCCC3)CC2)N1. The van der Waals surface area contributed by atoms with Gasteiger partial charge in [-0.05, 0) is 74.0 Å². The first-order valence-corrected chi connectivity index (χ1v) is 10.9. The van der Waals surface area contributed by atoms with Gasteiger partial charge in [0.15, 0.2) is 0 Å². The fraction of sp³-hybridized carbons (Fsp3) is 0.560. The number of allylic oxidation sites excluding steroid dienone is 3. The number of hydrogen-bond donors (Lipinski definition) is 1. The molecule has 1 atom stereocenters. The van der Waals surface area contributed by atoms with Crippen LogP contribution in [0.1, 0.15) is 84.1 Å². The highest BCUT2D eigenvalue weighted by atomic mass is 15.1. The second kappa shape index (κ2) is 7.30. The molecule has 0 saturated heterocycles. The van der Waals surface area contributed by atoms with Gasteiger partial charge < -0.3 is 5.32 Å². The summed E-state index contributed by atoms with van der Waals surface area (Å²) in [5.74, 6) is 1.09. The lowest BCUT2D eigenvalue weighted by Crippen LogP contribution is -2.42. The summed E-state index contributed by atoms with van der Waals surface area (Å²) in [4.78, 5) is 4.87. The van der Waals surface area contributed by atoms with Crippen molar-refractivity contribution in [3.05, 3.63) is 58.6 Å². The van der Waals surface area contributed by atoms with E-state index in [1.165, 1.54) is 61.8 Å². The van der Waals surface area contributed by atoms with E-state index >= 15 is 0 Å². The third-order valence-corrected chi connectivity index (χ3v) is 7.47. The summed E-state index contributed by atoms with van der Waals surface area (Å²) in [6.45, 7) is 6.81. The zero-order chi connectivity index (χ0) is 18.9. The number of nitrogens with zero attached hydrogens (tertiary/aromatic N) is 1. The molecule has 0 unspecified atom stereocenters. The molecule has 1 spiro atoms. The minimum Gasteiger partial charge on any atom is -0.344 e. The number of nitrogens with one attached hydrogen (secondary N) is 1. The smallest absolute Gasteiger partial charge is 0.129 e. The number of rotatable bonds is 4. The Morgan fingerprint density at radius 1 is 1.07 bits per heavy atom. The first kappa shape index (κ1) is 18.5. The van der Waals surface area contributed by atoms with E-state index in [0.29, 0.717) is 5.41 Å². The van der Waals surface area contributed by atoms with E-state index in [-0.39, 0.29) is 5.41 Å². The van der Waals surface area contributed by atoms with E-state index in [2.05, 4.69) is 62.6 Å². The maximum atomic E-state index is 4.87. The Morgan fingerprint density at radius 2 is 1.81 bits per heavy atom. The molecular formula is C25H34N2. The second-order valence-electron chi connectivity index (χ2n) is 8.78. The molecule has 1 heterocycles. The maximum absolute atomic E-state index is 4.87. The van der Waals surface area contributed by atoms with Crippen LogP contribution in [-0.2, 0) is 5.41 Å². The standard InChI is InChI=1S/C25H34N2/c1-4-17-26-23-19(3)25(5-2,20-11-7-6-8-12-20)21-13-16-24(14-9-10-15-24)18-22(21)27-23/h6-8,11-12,17,27H,4-5,9-10,13-16,18H2,1-3H3/b26-17-/t25-/m0/s1. The number of benzene rings is 1. The molecule has 1 saturated carbocycles. The van der Waals surface area contributed by atoms with Gasteiger partial charge >= 0.3 is 0 Å². The highest BCUT2D eigenvalue weighted by molar-refractivity contribution is 5.61. The van der Waals surface area contributed by atoms with Gasteiger partial charge in [-0.15, -0.1) is 0 Å². The van der Waals surface area contributed by atoms with Gasteiger partial charge in [-0.25, -0.2) is 4.99 Å². The molecule has 2 nitrogen and oxygen atoms in total. The Kier molecular flexibility index (Phi) is 5.01. The highest BCUT2D eigenvalue weighted by Gasteiger charge is 2.47. The first-order chi connectivity index (χ1) is 13.1. The Labute approximate surface area is 164 Å². The summed E-state index contributed by atoms with van der Waals surface area (Å²) < 4.78 is 0. The van der Waals surface area contributed by atoms with E-state index in [1.54, 1.807) is 5.57 Å². The van der Waals surface area contributed by atoms with Crippen molar-refractivity contribution in [2.24, 2.45) is 10.4 Å². The molecule has 1 aromatic rings. The van der Waals surface area contributed by atoms with Crippen LogP contribution in [0.25, 0.3) is 0 Å². The molecule has 144 valence electrons. The van der Waals surface area contributed by atoms with Crippen LogP contribution in [0.5, 0.6) is 0 Å². The average Bonchev–Trinajstić information content (AvgIpc) is 3.15. The molecule has 1 aromatic carbocycles. The lowest BCUT2D eigenvalue weighted by molar-refractivity contribution is 0.236. The van der Waals surface area contributed by atoms with Crippen molar-refractivity contribution in [3.8, 4) is 0 Å².